The van der Waals surface area contributed by atoms with Crippen molar-refractivity contribution in [1.82, 2.24) is 0 Å². The number of para-hydroxylation sites is 2. The van der Waals surface area contributed by atoms with Gasteiger partial charge in [-0.1, -0.05) is 12.1 Å². The molecule has 0 fully saturated rings. The lowest BCUT2D eigenvalue weighted by Crippen LogP contribution is -2.12. The van der Waals surface area contributed by atoms with Crippen LogP contribution in [-0.4, -0.2) is 38.5 Å². The van der Waals surface area contributed by atoms with Gasteiger partial charge in [-0.25, -0.2) is 0 Å². The van der Waals surface area contributed by atoms with Crippen LogP contribution in [0.3, 0.4) is 0 Å². The second kappa shape index (κ2) is 9.36. The van der Waals surface area contributed by atoms with Crippen molar-refractivity contribution < 1.29 is 23.9 Å². The monoisotopic (exact) mass is 333 g/mol. The molecule has 0 heterocycles. The van der Waals surface area contributed by atoms with Gasteiger partial charge in [0, 0.05) is 6.07 Å². The summed E-state index contributed by atoms with van der Waals surface area (Å²) >= 11 is 0. The van der Waals surface area contributed by atoms with Gasteiger partial charge in [-0.2, -0.15) is 0 Å². The predicted molar refractivity (Wildman–Crippen MR) is 87.9 cm³/mol. The zero-order chi connectivity index (χ0) is 17.2. The van der Waals surface area contributed by atoms with Gasteiger partial charge in [0.2, 0.25) is 0 Å². The Bertz CT molecular complexity index is 644. The molecule has 0 amide bonds. The topological polar surface area (TPSA) is 80.1 Å². The largest absolute Gasteiger partial charge is 0.497 e. The summed E-state index contributed by atoms with van der Waals surface area (Å²) in [5.74, 6) is 1.74. The average molecular weight is 333 g/mol. The molecule has 7 heteroatoms. The molecule has 0 N–H and O–H groups in total. The molecule has 2 aromatic rings. The zero-order valence-electron chi connectivity index (χ0n) is 13.3. The van der Waals surface area contributed by atoms with Gasteiger partial charge in [-0.15, -0.1) is 0 Å². The first-order valence-corrected chi connectivity index (χ1v) is 7.41. The molecule has 128 valence electrons. The molecule has 2 rings (SSSR count). The van der Waals surface area contributed by atoms with Gasteiger partial charge in [0.1, 0.15) is 24.7 Å². The van der Waals surface area contributed by atoms with Gasteiger partial charge in [0.15, 0.2) is 5.75 Å². The van der Waals surface area contributed by atoms with Gasteiger partial charge in [-0.05, 0) is 30.3 Å². The van der Waals surface area contributed by atoms with Crippen LogP contribution < -0.4 is 14.2 Å². The van der Waals surface area contributed by atoms with Crippen molar-refractivity contribution in [3.63, 3.8) is 0 Å². The number of nitrogens with zero attached hydrogens (tertiary/aromatic N) is 1. The fourth-order valence-corrected chi connectivity index (χ4v) is 1.93. The van der Waals surface area contributed by atoms with Crippen molar-refractivity contribution in [2.24, 2.45) is 0 Å². The minimum atomic E-state index is -0.473. The third-order valence-corrected chi connectivity index (χ3v) is 3.10. The zero-order valence-corrected chi connectivity index (χ0v) is 13.3. The fraction of sp³-hybridized carbons (Fsp3) is 0.294. The van der Waals surface area contributed by atoms with Crippen LogP contribution in [0.25, 0.3) is 0 Å². The van der Waals surface area contributed by atoms with E-state index in [1.54, 1.807) is 25.3 Å². The third-order valence-electron chi connectivity index (χ3n) is 3.10. The standard InChI is InChI=1S/C17H19NO6/c1-21-14-6-8-15(9-7-14)23-12-10-22-11-13-24-17-5-3-2-4-16(17)18(19)20/h2-9H,10-13H2,1H3. The molecule has 0 bridgehead atoms. The van der Waals surface area contributed by atoms with E-state index < -0.39 is 4.92 Å². The van der Waals surface area contributed by atoms with Crippen LogP contribution in [-0.2, 0) is 4.74 Å². The lowest BCUT2D eigenvalue weighted by atomic mass is 10.3. The molecule has 0 aliphatic rings. The summed E-state index contributed by atoms with van der Waals surface area (Å²) in [6, 6.07) is 13.5. The first kappa shape index (κ1) is 17.6. The summed E-state index contributed by atoms with van der Waals surface area (Å²) in [5.41, 5.74) is -0.0552. The van der Waals surface area contributed by atoms with Crippen molar-refractivity contribution in [2.75, 3.05) is 33.5 Å². The molecule has 0 aromatic heterocycles. The molecular weight excluding hydrogens is 314 g/mol. The Morgan fingerprint density at radius 1 is 0.875 bits per heavy atom. The smallest absolute Gasteiger partial charge is 0.310 e. The normalized spacial score (nSPS) is 10.2. The summed E-state index contributed by atoms with van der Waals surface area (Å²) in [7, 11) is 1.61. The van der Waals surface area contributed by atoms with Crippen LogP contribution >= 0.6 is 0 Å². The Kier molecular flexibility index (Phi) is 6.85. The Morgan fingerprint density at radius 3 is 2.17 bits per heavy atom. The average Bonchev–Trinajstić information content (AvgIpc) is 2.61. The van der Waals surface area contributed by atoms with E-state index in [1.807, 2.05) is 24.3 Å². The van der Waals surface area contributed by atoms with E-state index in [0.29, 0.717) is 19.8 Å². The molecule has 24 heavy (non-hydrogen) atoms. The van der Waals surface area contributed by atoms with Crippen LogP contribution in [0.15, 0.2) is 48.5 Å². The number of nitro groups is 1. The lowest BCUT2D eigenvalue weighted by molar-refractivity contribution is -0.385. The van der Waals surface area contributed by atoms with Crippen molar-refractivity contribution in [3.8, 4) is 17.2 Å². The lowest BCUT2D eigenvalue weighted by Gasteiger charge is -2.09. The molecule has 0 aliphatic carbocycles. The van der Waals surface area contributed by atoms with Crippen molar-refractivity contribution in [3.05, 3.63) is 58.6 Å². The molecule has 0 radical (unpaired) electrons. The maximum absolute atomic E-state index is 10.8. The van der Waals surface area contributed by atoms with E-state index in [0.717, 1.165) is 11.5 Å². The molecule has 0 saturated heterocycles. The molecule has 2 aromatic carbocycles. The summed E-state index contributed by atoms with van der Waals surface area (Å²) in [5, 5.41) is 10.8. The summed E-state index contributed by atoms with van der Waals surface area (Å²) in [6.07, 6.45) is 0. The van der Waals surface area contributed by atoms with E-state index in [1.165, 1.54) is 6.07 Å². The number of rotatable bonds is 10. The number of methoxy groups -OCH3 is 1. The Balaban J connectivity index is 1.61. The number of nitro benzene ring substituents is 1. The summed E-state index contributed by atoms with van der Waals surface area (Å²) in [6.45, 7) is 1.34. The molecule has 7 nitrogen and oxygen atoms in total. The van der Waals surface area contributed by atoms with Crippen LogP contribution in [0.1, 0.15) is 0 Å². The quantitative estimate of drug-likeness (QED) is 0.378. The summed E-state index contributed by atoms with van der Waals surface area (Å²) < 4.78 is 21.3. The fourth-order valence-electron chi connectivity index (χ4n) is 1.93. The molecule has 0 spiro atoms. The molecular formula is C17H19NO6. The van der Waals surface area contributed by atoms with E-state index in [9.17, 15) is 10.1 Å². The van der Waals surface area contributed by atoms with Crippen LogP contribution in [0.4, 0.5) is 5.69 Å². The van der Waals surface area contributed by atoms with E-state index in [2.05, 4.69) is 0 Å². The Hall–Kier alpha value is -2.80. The van der Waals surface area contributed by atoms with Crippen LogP contribution in [0, 0.1) is 10.1 Å². The maximum Gasteiger partial charge on any atom is 0.310 e. The van der Waals surface area contributed by atoms with Gasteiger partial charge in [-0.3, -0.25) is 10.1 Å². The second-order valence-electron chi connectivity index (χ2n) is 4.71. The number of ether oxygens (including phenoxy) is 4. The van der Waals surface area contributed by atoms with Crippen molar-refractivity contribution in [1.29, 1.82) is 0 Å². The van der Waals surface area contributed by atoms with E-state index in [4.69, 9.17) is 18.9 Å². The van der Waals surface area contributed by atoms with E-state index in [-0.39, 0.29) is 18.0 Å². The highest BCUT2D eigenvalue weighted by Gasteiger charge is 2.12. The minimum absolute atomic E-state index is 0.0552. The first-order valence-electron chi connectivity index (χ1n) is 7.41. The third kappa shape index (κ3) is 5.44. The summed E-state index contributed by atoms with van der Waals surface area (Å²) in [4.78, 5) is 10.4. The molecule has 0 unspecified atom stereocenters. The van der Waals surface area contributed by atoms with Crippen molar-refractivity contribution >= 4 is 5.69 Å². The van der Waals surface area contributed by atoms with Gasteiger partial charge in [0.05, 0.1) is 25.2 Å². The number of hydrogen-bond donors (Lipinski definition) is 0. The molecule has 0 aliphatic heterocycles. The van der Waals surface area contributed by atoms with E-state index >= 15 is 0 Å². The number of benzene rings is 2. The van der Waals surface area contributed by atoms with Crippen molar-refractivity contribution in [2.45, 2.75) is 0 Å². The minimum Gasteiger partial charge on any atom is -0.497 e. The Labute approximate surface area is 139 Å². The molecule has 0 atom stereocenters. The van der Waals surface area contributed by atoms with Gasteiger partial charge < -0.3 is 18.9 Å². The van der Waals surface area contributed by atoms with Crippen LogP contribution in [0.5, 0.6) is 17.2 Å². The van der Waals surface area contributed by atoms with Crippen LogP contribution in [0.2, 0.25) is 0 Å². The highest BCUT2D eigenvalue weighted by molar-refractivity contribution is 5.45. The van der Waals surface area contributed by atoms with Gasteiger partial charge in [0.25, 0.3) is 0 Å². The predicted octanol–water partition coefficient (Wildman–Crippen LogP) is 3.08. The van der Waals surface area contributed by atoms with Gasteiger partial charge >= 0.3 is 5.69 Å². The first-order chi connectivity index (χ1) is 11.7. The Morgan fingerprint density at radius 2 is 1.50 bits per heavy atom. The highest BCUT2D eigenvalue weighted by atomic mass is 16.6. The number of hydrogen-bond acceptors (Lipinski definition) is 6. The maximum atomic E-state index is 10.8. The highest BCUT2D eigenvalue weighted by Crippen LogP contribution is 2.25. The second-order valence-corrected chi connectivity index (χ2v) is 4.71. The SMILES string of the molecule is COc1ccc(OCCOCCOc2ccccc2[N+](=O)[O-])cc1. The molecule has 0 saturated carbocycles.